The molecule has 7 nitrogen and oxygen atoms in total. The van der Waals surface area contributed by atoms with Crippen molar-refractivity contribution >= 4 is 18.0 Å². The summed E-state index contributed by atoms with van der Waals surface area (Å²) in [5, 5.41) is 12.2. The number of carbonyl (C=O) groups excluding carboxylic acids is 2. The van der Waals surface area contributed by atoms with E-state index in [-0.39, 0.29) is 30.5 Å². The number of likely N-dealkylation sites (tertiary alicyclic amines) is 1. The topological polar surface area (TPSA) is 95.9 Å². The molecule has 0 saturated carbocycles. The fraction of sp³-hybridized carbons (Fsp3) is 0.464. The lowest BCUT2D eigenvalue weighted by molar-refractivity contribution is -0.143. The van der Waals surface area contributed by atoms with Gasteiger partial charge in [-0.2, -0.15) is 0 Å². The van der Waals surface area contributed by atoms with E-state index in [9.17, 15) is 19.5 Å². The molecule has 186 valence electrons. The number of carboxylic acids is 1. The van der Waals surface area contributed by atoms with Crippen LogP contribution < -0.4 is 5.32 Å². The minimum atomic E-state index is -0.826. The first kappa shape index (κ1) is 24.8. The highest BCUT2D eigenvalue weighted by atomic mass is 16.5. The predicted molar refractivity (Wildman–Crippen MR) is 133 cm³/mol. The Labute approximate surface area is 206 Å². The number of nitrogens with one attached hydrogen (secondary N) is 1. The van der Waals surface area contributed by atoms with Crippen LogP contribution in [-0.2, 0) is 14.3 Å². The number of amides is 2. The molecule has 1 aliphatic heterocycles. The van der Waals surface area contributed by atoms with Crippen LogP contribution in [0.5, 0.6) is 0 Å². The second-order valence-electron chi connectivity index (χ2n) is 9.56. The third-order valence-corrected chi connectivity index (χ3v) is 7.34. The minimum absolute atomic E-state index is 0.00561. The molecule has 35 heavy (non-hydrogen) atoms. The van der Waals surface area contributed by atoms with Crippen molar-refractivity contribution < 1.29 is 24.2 Å². The predicted octanol–water partition coefficient (Wildman–Crippen LogP) is 4.80. The molecule has 3 atom stereocenters. The maximum absolute atomic E-state index is 12.7. The van der Waals surface area contributed by atoms with Crippen molar-refractivity contribution in [1.29, 1.82) is 0 Å². The standard InChI is InChI=1S/C28H34N2O5/c1-3-25-23(27(32)33)15-16-30(25)26(31)14-8-9-18(2)29-28(34)35-17-24-21-12-6-4-10-19(21)20-11-5-7-13-22(20)24/h4-7,10-13,18,23-25H,3,8-9,14-17H2,1-2H3,(H,29,34)(H,32,33). The zero-order valence-corrected chi connectivity index (χ0v) is 20.4. The number of aliphatic carboxylic acids is 1. The summed E-state index contributed by atoms with van der Waals surface area (Å²) >= 11 is 0. The van der Waals surface area contributed by atoms with E-state index in [1.165, 1.54) is 22.3 Å². The van der Waals surface area contributed by atoms with Crippen LogP contribution >= 0.6 is 0 Å². The first-order valence-electron chi connectivity index (χ1n) is 12.5. The average molecular weight is 479 g/mol. The molecule has 0 radical (unpaired) electrons. The summed E-state index contributed by atoms with van der Waals surface area (Å²) in [4.78, 5) is 38.3. The number of ether oxygens (including phenoxy) is 1. The van der Waals surface area contributed by atoms with Crippen molar-refractivity contribution in [3.8, 4) is 11.1 Å². The maximum atomic E-state index is 12.7. The Bertz CT molecular complexity index is 1040. The minimum Gasteiger partial charge on any atom is -0.481 e. The molecule has 4 rings (SSSR count). The van der Waals surface area contributed by atoms with Crippen molar-refractivity contribution in [2.75, 3.05) is 13.2 Å². The summed E-state index contributed by atoms with van der Waals surface area (Å²) in [6.07, 6.45) is 2.30. The Morgan fingerprint density at radius 3 is 2.31 bits per heavy atom. The van der Waals surface area contributed by atoms with Crippen LogP contribution in [-0.4, -0.2) is 53.2 Å². The van der Waals surface area contributed by atoms with E-state index in [4.69, 9.17) is 4.74 Å². The molecule has 2 amide bonds. The van der Waals surface area contributed by atoms with Crippen LogP contribution in [0.4, 0.5) is 4.79 Å². The SMILES string of the molecule is CCC1C(C(=O)O)CCN1C(=O)CCCC(C)NC(=O)OCC1c2ccccc2-c2ccccc21. The van der Waals surface area contributed by atoms with E-state index in [1.807, 2.05) is 38.1 Å². The first-order chi connectivity index (χ1) is 16.9. The van der Waals surface area contributed by atoms with Gasteiger partial charge in [-0.15, -0.1) is 0 Å². The second kappa shape index (κ2) is 10.9. The van der Waals surface area contributed by atoms with Crippen molar-refractivity contribution in [3.63, 3.8) is 0 Å². The highest BCUT2D eigenvalue weighted by Gasteiger charge is 2.39. The molecule has 2 N–H and O–H groups in total. The molecular weight excluding hydrogens is 444 g/mol. The average Bonchev–Trinajstić information content (AvgIpc) is 3.42. The van der Waals surface area contributed by atoms with Crippen LogP contribution in [0.3, 0.4) is 0 Å². The van der Waals surface area contributed by atoms with Gasteiger partial charge in [0, 0.05) is 31.0 Å². The number of hydrogen-bond acceptors (Lipinski definition) is 4. The lowest BCUT2D eigenvalue weighted by Crippen LogP contribution is -2.39. The quantitative estimate of drug-likeness (QED) is 0.540. The molecule has 2 aromatic rings. The molecule has 1 heterocycles. The van der Waals surface area contributed by atoms with Gasteiger partial charge in [-0.05, 0) is 54.9 Å². The monoisotopic (exact) mass is 478 g/mol. The fourth-order valence-corrected chi connectivity index (χ4v) is 5.57. The smallest absolute Gasteiger partial charge is 0.407 e. The van der Waals surface area contributed by atoms with Gasteiger partial charge in [-0.1, -0.05) is 55.5 Å². The molecule has 0 spiro atoms. The van der Waals surface area contributed by atoms with E-state index >= 15 is 0 Å². The first-order valence-corrected chi connectivity index (χ1v) is 12.5. The Balaban J connectivity index is 1.22. The van der Waals surface area contributed by atoms with Crippen molar-refractivity contribution in [2.45, 2.75) is 64.0 Å². The molecule has 0 bridgehead atoms. The third-order valence-electron chi connectivity index (χ3n) is 7.34. The third kappa shape index (κ3) is 5.34. The zero-order chi connectivity index (χ0) is 24.9. The number of fused-ring (bicyclic) bond motifs is 3. The van der Waals surface area contributed by atoms with Gasteiger partial charge in [0.25, 0.3) is 0 Å². The summed E-state index contributed by atoms with van der Waals surface area (Å²) < 4.78 is 5.60. The Morgan fingerprint density at radius 2 is 1.71 bits per heavy atom. The Morgan fingerprint density at radius 1 is 1.09 bits per heavy atom. The highest BCUT2D eigenvalue weighted by molar-refractivity contribution is 5.80. The van der Waals surface area contributed by atoms with Crippen LogP contribution in [0.1, 0.15) is 63.0 Å². The molecule has 1 aliphatic carbocycles. The number of alkyl carbamates (subject to hydrolysis) is 1. The van der Waals surface area contributed by atoms with Gasteiger partial charge < -0.3 is 20.1 Å². The number of carboxylic acid groups (broad SMARTS) is 1. The Kier molecular flexibility index (Phi) is 7.73. The van der Waals surface area contributed by atoms with Gasteiger partial charge in [0.15, 0.2) is 0 Å². The second-order valence-corrected chi connectivity index (χ2v) is 9.56. The molecule has 0 aromatic heterocycles. The molecule has 1 saturated heterocycles. The fourth-order valence-electron chi connectivity index (χ4n) is 5.57. The van der Waals surface area contributed by atoms with Gasteiger partial charge in [-0.3, -0.25) is 9.59 Å². The highest BCUT2D eigenvalue weighted by Crippen LogP contribution is 2.44. The van der Waals surface area contributed by atoms with E-state index < -0.39 is 18.0 Å². The summed E-state index contributed by atoms with van der Waals surface area (Å²) in [5.74, 6) is -1.29. The normalized spacial score (nSPS) is 19.7. The van der Waals surface area contributed by atoms with Crippen molar-refractivity contribution in [3.05, 3.63) is 59.7 Å². The maximum Gasteiger partial charge on any atom is 0.407 e. The molecule has 2 aromatic carbocycles. The lowest BCUT2D eigenvalue weighted by Gasteiger charge is -2.26. The molecule has 3 unspecified atom stereocenters. The van der Waals surface area contributed by atoms with Crippen molar-refractivity contribution in [2.24, 2.45) is 5.92 Å². The van der Waals surface area contributed by atoms with Crippen LogP contribution in [0.2, 0.25) is 0 Å². The van der Waals surface area contributed by atoms with Crippen LogP contribution in [0.15, 0.2) is 48.5 Å². The molecular formula is C28H34N2O5. The zero-order valence-electron chi connectivity index (χ0n) is 20.4. The van der Waals surface area contributed by atoms with Crippen molar-refractivity contribution in [1.82, 2.24) is 10.2 Å². The number of nitrogens with zero attached hydrogens (tertiary/aromatic N) is 1. The molecule has 7 heteroatoms. The van der Waals surface area contributed by atoms with Gasteiger partial charge >= 0.3 is 12.1 Å². The van der Waals surface area contributed by atoms with E-state index in [0.717, 1.165) is 0 Å². The molecule has 1 fully saturated rings. The molecule has 2 aliphatic rings. The van der Waals surface area contributed by atoms with E-state index in [2.05, 4.69) is 29.6 Å². The van der Waals surface area contributed by atoms with Gasteiger partial charge in [0.05, 0.1) is 5.92 Å². The van der Waals surface area contributed by atoms with E-state index in [1.54, 1.807) is 4.90 Å². The van der Waals surface area contributed by atoms with Gasteiger partial charge in [0.1, 0.15) is 6.61 Å². The summed E-state index contributed by atoms with van der Waals surface area (Å²) in [7, 11) is 0. The number of benzene rings is 2. The Hall–Kier alpha value is -3.35. The van der Waals surface area contributed by atoms with E-state index in [0.29, 0.717) is 38.6 Å². The lowest BCUT2D eigenvalue weighted by atomic mass is 9.98. The largest absolute Gasteiger partial charge is 0.481 e. The van der Waals surface area contributed by atoms with Gasteiger partial charge in [0.2, 0.25) is 5.91 Å². The van der Waals surface area contributed by atoms with Crippen LogP contribution in [0.25, 0.3) is 11.1 Å². The number of hydrogen-bond donors (Lipinski definition) is 2. The summed E-state index contributed by atoms with van der Waals surface area (Å²) in [6, 6.07) is 16.1. The van der Waals surface area contributed by atoms with Crippen LogP contribution in [0, 0.1) is 5.92 Å². The summed E-state index contributed by atoms with van der Waals surface area (Å²) in [6.45, 7) is 4.59. The van der Waals surface area contributed by atoms with Gasteiger partial charge in [-0.25, -0.2) is 4.79 Å². The number of carbonyl (C=O) groups is 3. The number of rotatable bonds is 9. The summed E-state index contributed by atoms with van der Waals surface area (Å²) in [5.41, 5.74) is 4.72.